The molecule has 0 bridgehead atoms. The topological polar surface area (TPSA) is 0 Å². The van der Waals surface area contributed by atoms with E-state index in [1.54, 1.807) is 0 Å². The monoisotopic (exact) mass is 525 g/mol. The minimum Gasteiger partial charge on any atom is -0.330 e. The lowest BCUT2D eigenvalue weighted by Crippen LogP contribution is -2.46. The van der Waals surface area contributed by atoms with Gasteiger partial charge in [-0.25, -0.2) is 0 Å². The van der Waals surface area contributed by atoms with E-state index in [1.165, 1.54) is 214 Å². The molecule has 0 spiro atoms. The lowest BCUT2D eigenvalue weighted by molar-refractivity contribution is -0.899. The number of hydrogen-bond donors (Lipinski definition) is 0. The molecule has 0 unspecified atom stereocenters. The molecule has 2 heteroatoms. The highest BCUT2D eigenvalue weighted by Crippen LogP contribution is 2.16. The van der Waals surface area contributed by atoms with E-state index < -0.39 is 0 Å². The van der Waals surface area contributed by atoms with Gasteiger partial charge in [0, 0.05) is 0 Å². The molecule has 0 saturated carbocycles. The van der Waals surface area contributed by atoms with Crippen LogP contribution in [-0.2, 0) is 0 Å². The molecule has 0 atom stereocenters. The molecule has 0 aliphatic heterocycles. The summed E-state index contributed by atoms with van der Waals surface area (Å²) >= 11 is 0. The second kappa shape index (κ2) is 29.7. The van der Waals surface area contributed by atoms with Crippen molar-refractivity contribution in [2.45, 2.75) is 194 Å². The van der Waals surface area contributed by atoms with E-state index in [2.05, 4.69) is 20.9 Å². The van der Waals surface area contributed by atoms with Crippen molar-refractivity contribution in [2.75, 3.05) is 26.3 Å². The Bertz CT molecular complexity index is 365. The number of unbranched alkanes of at least 4 members (excludes halogenated alkanes) is 26. The fourth-order valence-corrected chi connectivity index (χ4v) is 6.44. The first-order valence-electron chi connectivity index (χ1n) is 17.5. The lowest BCUT2D eigenvalue weighted by Gasteiger charge is -2.34. The van der Waals surface area contributed by atoms with Crippen molar-refractivity contribution in [3.63, 3.8) is 0 Å². The largest absolute Gasteiger partial charge is 0.330 e. The van der Waals surface area contributed by atoms with Crippen LogP contribution in [0.2, 0.25) is 0 Å². The number of nitrogens with zero attached hydrogens (tertiary/aromatic N) is 1. The van der Waals surface area contributed by atoms with Gasteiger partial charge in [0.25, 0.3) is 0 Å². The van der Waals surface area contributed by atoms with Gasteiger partial charge in [0.1, 0.15) is 0 Å². The molecule has 0 N–H and O–H groups in total. The molecule has 0 aromatic heterocycles. The zero-order chi connectivity index (χ0) is 26.4. The normalized spacial score (nSPS) is 12.1. The van der Waals surface area contributed by atoms with E-state index in [0.29, 0.717) is 0 Å². The first-order chi connectivity index (χ1) is 17.7. The Hall–Kier alpha value is 0.177. The molecule has 0 rings (SSSR count). The van der Waals surface area contributed by atoms with Crippen molar-refractivity contribution in [3.05, 3.63) is 0 Å². The number of quaternary nitrogens is 1. The molecule has 36 heavy (non-hydrogen) atoms. The van der Waals surface area contributed by atoms with Gasteiger partial charge in [-0.2, -0.15) is 0 Å². The highest BCUT2D eigenvalue weighted by atomic mass is 28.1. The third kappa shape index (κ3) is 27.2. The summed E-state index contributed by atoms with van der Waals surface area (Å²) < 4.78 is 1.38. The van der Waals surface area contributed by atoms with Crippen molar-refractivity contribution in [3.8, 4) is 0 Å². The molecule has 0 aliphatic carbocycles. The van der Waals surface area contributed by atoms with Crippen molar-refractivity contribution in [1.29, 1.82) is 0 Å². The Kier molecular flexibility index (Phi) is 29.9. The Morgan fingerprint density at radius 2 is 0.528 bits per heavy atom. The van der Waals surface area contributed by atoms with Gasteiger partial charge >= 0.3 is 0 Å². The summed E-state index contributed by atoms with van der Waals surface area (Å²) in [5, 5.41) is 0. The summed E-state index contributed by atoms with van der Waals surface area (Å²) in [7, 11) is 3.91. The Morgan fingerprint density at radius 1 is 0.333 bits per heavy atom. The van der Waals surface area contributed by atoms with Gasteiger partial charge in [0.15, 0.2) is 0 Å². The van der Waals surface area contributed by atoms with E-state index in [1.807, 2.05) is 0 Å². The molecule has 0 saturated heterocycles. The van der Waals surface area contributed by atoms with E-state index >= 15 is 0 Å². The molecule has 0 radical (unpaired) electrons. The molecule has 0 aromatic carbocycles. The molecule has 0 heterocycles. The number of hydrogen-bond acceptors (Lipinski definition) is 0. The SMILES string of the molecule is CCCCCCCCCCCCCCCC[N+](C)(C[SiH3])CCCCCCCCCCCCCCCC. The Balaban J connectivity index is 3.41. The number of rotatable bonds is 31. The summed E-state index contributed by atoms with van der Waals surface area (Å²) in [5.74, 6) is 0. The van der Waals surface area contributed by atoms with Crippen LogP contribution in [0.4, 0.5) is 0 Å². The van der Waals surface area contributed by atoms with Gasteiger partial charge in [-0.1, -0.05) is 168 Å². The summed E-state index contributed by atoms with van der Waals surface area (Å²) in [6.45, 7) is 7.51. The highest BCUT2D eigenvalue weighted by molar-refractivity contribution is 6.08. The first kappa shape index (κ1) is 36.2. The smallest absolute Gasteiger partial charge is 0.0781 e. The minimum absolute atomic E-state index is 1.36. The lowest BCUT2D eigenvalue weighted by atomic mass is 10.0. The second-order valence-electron chi connectivity index (χ2n) is 12.6. The quantitative estimate of drug-likeness (QED) is 0.0480. The van der Waals surface area contributed by atoms with Crippen LogP contribution in [0.5, 0.6) is 0 Å². The van der Waals surface area contributed by atoms with Crippen LogP contribution in [0.25, 0.3) is 0 Å². The summed E-state index contributed by atoms with van der Waals surface area (Å²) in [4.78, 5) is 0. The van der Waals surface area contributed by atoms with Crippen LogP contribution in [0.3, 0.4) is 0 Å². The Labute approximate surface area is 234 Å². The molecular formula is C34H74NSi+. The van der Waals surface area contributed by atoms with Crippen molar-refractivity contribution >= 4 is 10.2 Å². The van der Waals surface area contributed by atoms with Gasteiger partial charge in [-0.05, 0) is 25.7 Å². The summed E-state index contributed by atoms with van der Waals surface area (Å²) in [6.07, 6.45) is 42.6. The Morgan fingerprint density at radius 3 is 0.722 bits per heavy atom. The molecule has 218 valence electrons. The second-order valence-corrected chi connectivity index (χ2v) is 13.2. The van der Waals surface area contributed by atoms with Gasteiger partial charge in [-0.3, -0.25) is 0 Å². The van der Waals surface area contributed by atoms with Gasteiger partial charge in [0.2, 0.25) is 0 Å². The minimum atomic E-state index is 1.36. The standard InChI is InChI=1S/C34H74NSi/c1-4-6-8-10-12-14-16-18-20-22-24-26-28-30-32-35(3,34-36)33-31-29-27-25-23-21-19-17-15-13-11-9-7-5-2/h4-34H2,1-3,36H3/q+1. The van der Waals surface area contributed by atoms with Crippen molar-refractivity contribution in [2.24, 2.45) is 0 Å². The van der Waals surface area contributed by atoms with E-state index in [9.17, 15) is 0 Å². The van der Waals surface area contributed by atoms with Crippen LogP contribution in [0, 0.1) is 0 Å². The van der Waals surface area contributed by atoms with Gasteiger partial charge in [-0.15, -0.1) is 0 Å². The van der Waals surface area contributed by atoms with Crippen LogP contribution in [-0.4, -0.2) is 41.0 Å². The van der Waals surface area contributed by atoms with Crippen LogP contribution in [0.15, 0.2) is 0 Å². The van der Waals surface area contributed by atoms with Crippen LogP contribution in [0.1, 0.15) is 194 Å². The molecule has 1 nitrogen and oxygen atoms in total. The predicted octanol–water partition coefficient (Wildman–Crippen LogP) is 10.7. The zero-order valence-electron chi connectivity index (χ0n) is 26.4. The first-order valence-corrected chi connectivity index (χ1v) is 18.9. The molecule has 0 aromatic rings. The average Bonchev–Trinajstić information content (AvgIpc) is 2.89. The van der Waals surface area contributed by atoms with Crippen LogP contribution >= 0.6 is 0 Å². The maximum absolute atomic E-state index is 2.55. The fraction of sp³-hybridized carbons (Fsp3) is 1.00. The van der Waals surface area contributed by atoms with Gasteiger partial charge in [0.05, 0.1) is 36.5 Å². The van der Waals surface area contributed by atoms with Crippen molar-refractivity contribution in [1.82, 2.24) is 0 Å². The van der Waals surface area contributed by atoms with Crippen LogP contribution < -0.4 is 0 Å². The average molecular weight is 525 g/mol. The predicted molar refractivity (Wildman–Crippen MR) is 171 cm³/mol. The van der Waals surface area contributed by atoms with E-state index in [-0.39, 0.29) is 0 Å². The molecule has 0 fully saturated rings. The molecule has 0 amide bonds. The van der Waals surface area contributed by atoms with E-state index in [4.69, 9.17) is 0 Å². The maximum Gasteiger partial charge on any atom is 0.0781 e. The summed E-state index contributed by atoms with van der Waals surface area (Å²) in [5.41, 5.74) is 0. The highest BCUT2D eigenvalue weighted by Gasteiger charge is 2.17. The third-order valence-electron chi connectivity index (χ3n) is 8.87. The maximum atomic E-state index is 2.55. The zero-order valence-corrected chi connectivity index (χ0v) is 28.4. The van der Waals surface area contributed by atoms with Crippen molar-refractivity contribution < 1.29 is 4.48 Å². The summed E-state index contributed by atoms with van der Waals surface area (Å²) in [6, 6.07) is 0. The fourth-order valence-electron chi connectivity index (χ4n) is 5.80. The third-order valence-corrected chi connectivity index (χ3v) is 10.4. The molecule has 0 aliphatic rings. The molecular weight excluding hydrogens is 450 g/mol. The van der Waals surface area contributed by atoms with E-state index in [0.717, 1.165) is 0 Å². The van der Waals surface area contributed by atoms with Gasteiger partial charge < -0.3 is 4.48 Å².